The Bertz CT molecular complexity index is 967. The van der Waals surface area contributed by atoms with Crippen LogP contribution in [0.5, 0.6) is 5.75 Å². The molecule has 0 saturated carbocycles. The summed E-state index contributed by atoms with van der Waals surface area (Å²) in [5.41, 5.74) is 2.27. The maximum absolute atomic E-state index is 6.40. The lowest BCUT2D eigenvalue weighted by molar-refractivity contribution is 0.202. The van der Waals surface area contributed by atoms with Crippen molar-refractivity contribution in [1.82, 2.24) is 9.88 Å². The smallest absolute Gasteiger partial charge is 0.120 e. The average molecular weight is 449 g/mol. The van der Waals surface area contributed by atoms with Crippen LogP contribution in [0.15, 0.2) is 36.4 Å². The van der Waals surface area contributed by atoms with Gasteiger partial charge in [0.25, 0.3) is 0 Å². The molecule has 0 atom stereocenters. The molecule has 0 amide bonds. The van der Waals surface area contributed by atoms with Gasteiger partial charge in [-0.25, -0.2) is 4.98 Å². The Labute approximate surface area is 186 Å². The highest BCUT2D eigenvalue weighted by atomic mass is 35.5. The van der Waals surface area contributed by atoms with Crippen LogP contribution in [0.3, 0.4) is 0 Å². The number of halogens is 2. The summed E-state index contributed by atoms with van der Waals surface area (Å²) in [5, 5.41) is 2.49. The van der Waals surface area contributed by atoms with Crippen LogP contribution in [-0.2, 0) is 0 Å². The Balaban J connectivity index is 1.16. The number of aryl methyl sites for hydroxylation is 1. The van der Waals surface area contributed by atoms with E-state index in [2.05, 4.69) is 22.0 Å². The third-order valence-electron chi connectivity index (χ3n) is 5.61. The minimum Gasteiger partial charge on any atom is -0.494 e. The molecule has 3 nitrogen and oxygen atoms in total. The van der Waals surface area contributed by atoms with Gasteiger partial charge in [-0.05, 0) is 88.0 Å². The summed E-state index contributed by atoms with van der Waals surface area (Å²) in [6.45, 7) is 6.17. The molecular weight excluding hydrogens is 423 g/mol. The van der Waals surface area contributed by atoms with Crippen LogP contribution in [-0.4, -0.2) is 36.1 Å². The van der Waals surface area contributed by atoms with Crippen LogP contribution < -0.4 is 4.74 Å². The van der Waals surface area contributed by atoms with Crippen molar-refractivity contribution in [3.63, 3.8) is 0 Å². The van der Waals surface area contributed by atoms with Crippen molar-refractivity contribution in [3.8, 4) is 5.75 Å². The second-order valence-corrected chi connectivity index (χ2v) is 9.70. The average Bonchev–Trinajstić information content (AvgIpc) is 3.10. The predicted octanol–water partition coefficient (Wildman–Crippen LogP) is 6.95. The molecule has 2 aromatic carbocycles. The lowest BCUT2D eigenvalue weighted by Gasteiger charge is -2.32. The minimum absolute atomic E-state index is 0.520. The summed E-state index contributed by atoms with van der Waals surface area (Å²) in [4.78, 5) is 7.05. The van der Waals surface area contributed by atoms with Crippen molar-refractivity contribution in [2.75, 3.05) is 26.2 Å². The highest BCUT2D eigenvalue weighted by Gasteiger charge is 2.22. The van der Waals surface area contributed by atoms with Crippen molar-refractivity contribution < 1.29 is 4.74 Å². The number of piperidine rings is 1. The van der Waals surface area contributed by atoms with E-state index in [-0.39, 0.29) is 0 Å². The highest BCUT2D eigenvalue weighted by Crippen LogP contribution is 2.36. The third-order valence-corrected chi connectivity index (χ3v) is 7.38. The number of fused-ring (bicyclic) bond motifs is 1. The van der Waals surface area contributed by atoms with Gasteiger partial charge in [0.05, 0.1) is 31.9 Å². The molecule has 1 aliphatic heterocycles. The fraction of sp³-hybridized carbons (Fsp3) is 0.435. The fourth-order valence-corrected chi connectivity index (χ4v) is 5.36. The van der Waals surface area contributed by atoms with Gasteiger partial charge in [-0.3, -0.25) is 0 Å². The SMILES string of the molecule is Cc1nc2ccc(OCCCCN3CCC(c4cccc(Cl)c4Cl)CC3)cc2s1. The number of unbranched alkanes of at least 4 members (excludes halogenated alkanes) is 1. The predicted molar refractivity (Wildman–Crippen MR) is 124 cm³/mol. The maximum Gasteiger partial charge on any atom is 0.120 e. The van der Waals surface area contributed by atoms with Crippen LogP contribution in [0, 0.1) is 6.92 Å². The van der Waals surface area contributed by atoms with Crippen LogP contribution in [0.1, 0.15) is 42.2 Å². The van der Waals surface area contributed by atoms with Gasteiger partial charge in [0.15, 0.2) is 0 Å². The first kappa shape index (κ1) is 20.9. The van der Waals surface area contributed by atoms with Gasteiger partial charge in [-0.15, -0.1) is 11.3 Å². The van der Waals surface area contributed by atoms with Crippen molar-refractivity contribution in [2.45, 2.75) is 38.5 Å². The third kappa shape index (κ3) is 5.24. The van der Waals surface area contributed by atoms with Gasteiger partial charge in [0, 0.05) is 0 Å². The van der Waals surface area contributed by atoms with Crippen molar-refractivity contribution in [2.24, 2.45) is 0 Å². The minimum atomic E-state index is 0.520. The van der Waals surface area contributed by atoms with Gasteiger partial charge in [0.1, 0.15) is 5.75 Å². The number of rotatable bonds is 7. The molecule has 0 aliphatic carbocycles. The molecule has 1 aromatic heterocycles. The number of ether oxygens (including phenoxy) is 1. The number of hydrogen-bond acceptors (Lipinski definition) is 4. The number of aromatic nitrogens is 1. The summed E-state index contributed by atoms with van der Waals surface area (Å²) in [6.07, 6.45) is 4.51. The van der Waals surface area contributed by atoms with Crippen LogP contribution >= 0.6 is 34.5 Å². The van der Waals surface area contributed by atoms with E-state index in [0.717, 1.165) is 73.2 Å². The molecule has 3 aromatic rings. The van der Waals surface area contributed by atoms with Gasteiger partial charge in [0.2, 0.25) is 0 Å². The molecule has 0 unspecified atom stereocenters. The monoisotopic (exact) mass is 448 g/mol. The summed E-state index contributed by atoms with van der Waals surface area (Å²) in [6, 6.07) is 12.2. The maximum atomic E-state index is 6.40. The van der Waals surface area contributed by atoms with Crippen molar-refractivity contribution in [3.05, 3.63) is 57.0 Å². The first-order valence-corrected chi connectivity index (χ1v) is 11.8. The Morgan fingerprint density at radius 2 is 1.97 bits per heavy atom. The quantitative estimate of drug-likeness (QED) is 0.365. The Morgan fingerprint density at radius 1 is 1.14 bits per heavy atom. The molecule has 1 saturated heterocycles. The molecule has 154 valence electrons. The molecule has 4 rings (SSSR count). The van der Waals surface area contributed by atoms with E-state index in [1.165, 1.54) is 10.3 Å². The van der Waals surface area contributed by atoms with Crippen LogP contribution in [0.2, 0.25) is 10.0 Å². The topological polar surface area (TPSA) is 25.4 Å². The van der Waals surface area contributed by atoms with E-state index >= 15 is 0 Å². The normalized spacial score (nSPS) is 15.8. The molecule has 0 spiro atoms. The number of likely N-dealkylation sites (tertiary alicyclic amines) is 1. The summed E-state index contributed by atoms with van der Waals surface area (Å²) >= 11 is 14.3. The molecule has 0 bridgehead atoms. The van der Waals surface area contributed by atoms with Gasteiger partial charge >= 0.3 is 0 Å². The second kappa shape index (κ2) is 9.65. The van der Waals surface area contributed by atoms with Crippen molar-refractivity contribution in [1.29, 1.82) is 0 Å². The summed E-state index contributed by atoms with van der Waals surface area (Å²) in [5.74, 6) is 1.46. The van der Waals surface area contributed by atoms with Crippen LogP contribution in [0.4, 0.5) is 0 Å². The molecule has 6 heteroatoms. The number of hydrogen-bond donors (Lipinski definition) is 0. The first-order chi connectivity index (χ1) is 14.1. The molecule has 1 aliphatic rings. The molecule has 0 radical (unpaired) electrons. The van der Waals surface area contributed by atoms with E-state index in [9.17, 15) is 0 Å². The van der Waals surface area contributed by atoms with Gasteiger partial charge < -0.3 is 9.64 Å². The standard InChI is InChI=1S/C23H26Cl2N2OS/c1-16-26-21-8-7-18(15-22(21)29-16)28-14-3-2-11-27-12-9-17(10-13-27)19-5-4-6-20(24)23(19)25/h4-8,15,17H,2-3,9-14H2,1H3. The zero-order chi connectivity index (χ0) is 20.2. The number of benzene rings is 2. The number of nitrogens with zero attached hydrogens (tertiary/aromatic N) is 2. The van der Waals surface area contributed by atoms with Crippen molar-refractivity contribution >= 4 is 44.8 Å². The largest absolute Gasteiger partial charge is 0.494 e. The van der Waals surface area contributed by atoms with E-state index < -0.39 is 0 Å². The van der Waals surface area contributed by atoms with Crippen LogP contribution in [0.25, 0.3) is 10.2 Å². The van der Waals surface area contributed by atoms with Gasteiger partial charge in [-0.2, -0.15) is 0 Å². The van der Waals surface area contributed by atoms with Gasteiger partial charge in [-0.1, -0.05) is 35.3 Å². The highest BCUT2D eigenvalue weighted by molar-refractivity contribution is 7.18. The fourth-order valence-electron chi connectivity index (χ4n) is 4.04. The first-order valence-electron chi connectivity index (χ1n) is 10.3. The van der Waals surface area contributed by atoms with E-state index in [1.54, 1.807) is 11.3 Å². The Kier molecular flexibility index (Phi) is 6.96. The lowest BCUT2D eigenvalue weighted by atomic mass is 9.89. The van der Waals surface area contributed by atoms with E-state index in [0.29, 0.717) is 10.9 Å². The molecule has 1 fully saturated rings. The van der Waals surface area contributed by atoms with E-state index in [1.807, 2.05) is 31.2 Å². The Morgan fingerprint density at radius 3 is 2.79 bits per heavy atom. The number of thiazole rings is 1. The Hall–Kier alpha value is -1.33. The molecule has 0 N–H and O–H groups in total. The molecular formula is C23H26Cl2N2OS. The lowest BCUT2D eigenvalue weighted by Crippen LogP contribution is -2.33. The second-order valence-electron chi connectivity index (χ2n) is 7.68. The summed E-state index contributed by atoms with van der Waals surface area (Å²) in [7, 11) is 0. The zero-order valence-electron chi connectivity index (χ0n) is 16.7. The molecule has 2 heterocycles. The summed E-state index contributed by atoms with van der Waals surface area (Å²) < 4.78 is 7.14. The van der Waals surface area contributed by atoms with E-state index in [4.69, 9.17) is 27.9 Å². The molecule has 29 heavy (non-hydrogen) atoms. The zero-order valence-corrected chi connectivity index (χ0v) is 19.0.